The standard InChI is InChI=1S/C11H14ClN5O3/c1-2-20-10(8-3-4-9(12)14-7-8)16-6-5-13-11(16)15-17(18)19/h3-4,7,10H,2,5-6H2,1H3,(H,13,15). The van der Waals surface area contributed by atoms with Crippen molar-refractivity contribution < 1.29 is 9.77 Å². The van der Waals surface area contributed by atoms with Crippen LogP contribution < -0.4 is 5.32 Å². The molecular weight excluding hydrogens is 286 g/mol. The van der Waals surface area contributed by atoms with E-state index in [1.54, 1.807) is 23.2 Å². The maximum Gasteiger partial charge on any atom is 0.273 e. The fourth-order valence-corrected chi connectivity index (χ4v) is 2.06. The highest BCUT2D eigenvalue weighted by atomic mass is 35.5. The summed E-state index contributed by atoms with van der Waals surface area (Å²) < 4.78 is 5.66. The van der Waals surface area contributed by atoms with Crippen molar-refractivity contribution in [1.29, 1.82) is 0 Å². The number of aromatic nitrogens is 1. The number of rotatable bonds is 5. The van der Waals surface area contributed by atoms with Crippen molar-refractivity contribution in [3.63, 3.8) is 0 Å². The Kier molecular flexibility index (Phi) is 4.70. The van der Waals surface area contributed by atoms with Crippen molar-refractivity contribution in [2.24, 2.45) is 5.10 Å². The molecule has 0 spiro atoms. The van der Waals surface area contributed by atoms with Gasteiger partial charge in [0.2, 0.25) is 0 Å². The molecule has 1 aromatic rings. The van der Waals surface area contributed by atoms with Crippen LogP contribution in [0.4, 0.5) is 0 Å². The Bertz CT molecular complexity index is 507. The number of nitro groups is 1. The molecule has 2 rings (SSSR count). The van der Waals surface area contributed by atoms with Crippen LogP contribution in [0, 0.1) is 10.1 Å². The van der Waals surface area contributed by atoms with E-state index in [-0.39, 0.29) is 5.96 Å². The average Bonchev–Trinajstić information content (AvgIpc) is 2.84. The second kappa shape index (κ2) is 6.49. The van der Waals surface area contributed by atoms with Gasteiger partial charge < -0.3 is 15.0 Å². The molecule has 1 aliphatic rings. The largest absolute Gasteiger partial charge is 0.354 e. The first-order valence-electron chi connectivity index (χ1n) is 6.08. The Morgan fingerprint density at radius 3 is 3.10 bits per heavy atom. The molecule has 1 N–H and O–H groups in total. The summed E-state index contributed by atoms with van der Waals surface area (Å²) in [6, 6.07) is 3.43. The van der Waals surface area contributed by atoms with Crippen molar-refractivity contribution >= 4 is 17.6 Å². The van der Waals surface area contributed by atoms with E-state index < -0.39 is 11.3 Å². The lowest BCUT2D eigenvalue weighted by Crippen LogP contribution is -2.36. The minimum Gasteiger partial charge on any atom is -0.354 e. The first-order chi connectivity index (χ1) is 9.61. The number of hydrogen-bond donors (Lipinski definition) is 1. The molecule has 9 heteroatoms. The molecule has 1 aliphatic heterocycles. The van der Waals surface area contributed by atoms with E-state index in [2.05, 4.69) is 15.4 Å². The van der Waals surface area contributed by atoms with E-state index in [0.29, 0.717) is 24.8 Å². The van der Waals surface area contributed by atoms with Crippen molar-refractivity contribution in [3.05, 3.63) is 39.2 Å². The lowest BCUT2D eigenvalue weighted by Gasteiger charge is -2.27. The molecule has 20 heavy (non-hydrogen) atoms. The van der Waals surface area contributed by atoms with Crippen LogP contribution in [0.2, 0.25) is 5.15 Å². The van der Waals surface area contributed by atoms with Gasteiger partial charge in [-0.25, -0.2) is 15.1 Å². The van der Waals surface area contributed by atoms with Gasteiger partial charge in [-0.05, 0) is 19.1 Å². The fourth-order valence-electron chi connectivity index (χ4n) is 1.95. The summed E-state index contributed by atoms with van der Waals surface area (Å²) in [4.78, 5) is 16.2. The van der Waals surface area contributed by atoms with Gasteiger partial charge in [0.05, 0.1) is 0 Å². The first-order valence-corrected chi connectivity index (χ1v) is 6.46. The van der Waals surface area contributed by atoms with Crippen molar-refractivity contribution in [1.82, 2.24) is 15.2 Å². The van der Waals surface area contributed by atoms with Gasteiger partial charge in [0.25, 0.3) is 5.96 Å². The van der Waals surface area contributed by atoms with E-state index in [1.807, 2.05) is 6.92 Å². The van der Waals surface area contributed by atoms with E-state index >= 15 is 0 Å². The van der Waals surface area contributed by atoms with E-state index in [1.165, 1.54) is 0 Å². The van der Waals surface area contributed by atoms with Crippen molar-refractivity contribution in [2.75, 3.05) is 19.7 Å². The van der Waals surface area contributed by atoms with Crippen LogP contribution in [0.5, 0.6) is 0 Å². The van der Waals surface area contributed by atoms with Crippen LogP contribution in [0.25, 0.3) is 0 Å². The van der Waals surface area contributed by atoms with Gasteiger partial charge in [0.15, 0.2) is 11.3 Å². The molecule has 8 nitrogen and oxygen atoms in total. The van der Waals surface area contributed by atoms with Gasteiger partial charge in [-0.15, -0.1) is 0 Å². The quantitative estimate of drug-likeness (QED) is 0.499. The minimum atomic E-state index is -0.732. The van der Waals surface area contributed by atoms with Crippen LogP contribution in [0.15, 0.2) is 23.4 Å². The third-order valence-corrected chi connectivity index (χ3v) is 2.95. The molecule has 2 heterocycles. The zero-order chi connectivity index (χ0) is 14.5. The molecule has 0 saturated carbocycles. The molecule has 1 unspecified atom stereocenters. The molecule has 0 bridgehead atoms. The molecule has 1 aromatic heterocycles. The highest BCUT2D eigenvalue weighted by Gasteiger charge is 2.30. The van der Waals surface area contributed by atoms with E-state index in [9.17, 15) is 10.1 Å². The van der Waals surface area contributed by atoms with Crippen LogP contribution in [-0.2, 0) is 4.74 Å². The summed E-state index contributed by atoms with van der Waals surface area (Å²) in [5.74, 6) is 0.184. The molecule has 1 saturated heterocycles. The fraction of sp³-hybridized carbons (Fsp3) is 0.455. The minimum absolute atomic E-state index is 0.184. The van der Waals surface area contributed by atoms with Crippen LogP contribution >= 0.6 is 11.6 Å². The number of hydrazone groups is 1. The summed E-state index contributed by atoms with van der Waals surface area (Å²) in [5, 5.41) is 16.4. The number of halogens is 1. The Morgan fingerprint density at radius 1 is 1.70 bits per heavy atom. The lowest BCUT2D eigenvalue weighted by atomic mass is 10.2. The predicted octanol–water partition coefficient (Wildman–Crippen LogP) is 1.22. The smallest absolute Gasteiger partial charge is 0.273 e. The monoisotopic (exact) mass is 299 g/mol. The first kappa shape index (κ1) is 14.5. The summed E-state index contributed by atoms with van der Waals surface area (Å²) in [6.45, 7) is 3.43. The molecule has 0 aromatic carbocycles. The normalized spacial score (nSPS) is 18.1. The van der Waals surface area contributed by atoms with Gasteiger partial charge in [-0.2, -0.15) is 0 Å². The van der Waals surface area contributed by atoms with Gasteiger partial charge >= 0.3 is 0 Å². The molecule has 0 amide bonds. The summed E-state index contributed by atoms with van der Waals surface area (Å²) in [5.41, 5.74) is 0.760. The third kappa shape index (κ3) is 3.34. The van der Waals surface area contributed by atoms with Gasteiger partial charge in [-0.1, -0.05) is 11.6 Å². The molecule has 1 atom stereocenters. The maximum atomic E-state index is 10.5. The van der Waals surface area contributed by atoms with Gasteiger partial charge in [-0.3, -0.25) is 0 Å². The third-order valence-electron chi connectivity index (χ3n) is 2.73. The Hall–Kier alpha value is -1.93. The van der Waals surface area contributed by atoms with Crippen LogP contribution in [0.3, 0.4) is 0 Å². The second-order valence-corrected chi connectivity index (χ2v) is 4.39. The second-order valence-electron chi connectivity index (χ2n) is 4.00. The molecule has 108 valence electrons. The van der Waals surface area contributed by atoms with Crippen LogP contribution in [-0.4, -0.2) is 40.6 Å². The number of hydrogen-bond acceptors (Lipinski definition) is 4. The van der Waals surface area contributed by atoms with Crippen molar-refractivity contribution in [2.45, 2.75) is 13.2 Å². The van der Waals surface area contributed by atoms with Gasteiger partial charge in [0, 0.05) is 31.5 Å². The average molecular weight is 300 g/mol. The van der Waals surface area contributed by atoms with Crippen LogP contribution in [0.1, 0.15) is 18.7 Å². The molecule has 0 aliphatic carbocycles. The Balaban J connectivity index is 2.28. The molecule has 1 fully saturated rings. The highest BCUT2D eigenvalue weighted by molar-refractivity contribution is 6.29. The summed E-state index contributed by atoms with van der Waals surface area (Å²) in [7, 11) is 0. The maximum absolute atomic E-state index is 10.5. The number of nitrogens with one attached hydrogen (secondary N) is 1. The zero-order valence-electron chi connectivity index (χ0n) is 10.8. The SMILES string of the molecule is CCOC(c1ccc(Cl)nc1)N1CCNC1=N[N+](=O)[O-]. The topological polar surface area (TPSA) is 92.9 Å². The number of pyridine rings is 1. The molecular formula is C11H14ClN5O3. The van der Waals surface area contributed by atoms with Crippen molar-refractivity contribution in [3.8, 4) is 0 Å². The Labute approximate surface area is 120 Å². The number of guanidine groups is 1. The van der Waals surface area contributed by atoms with E-state index in [0.717, 1.165) is 5.56 Å². The summed E-state index contributed by atoms with van der Waals surface area (Å²) >= 11 is 5.76. The molecule has 0 radical (unpaired) electrons. The predicted molar refractivity (Wildman–Crippen MR) is 72.8 cm³/mol. The highest BCUT2D eigenvalue weighted by Crippen LogP contribution is 2.24. The number of nitrogens with zero attached hydrogens (tertiary/aromatic N) is 4. The summed E-state index contributed by atoms with van der Waals surface area (Å²) in [6.07, 6.45) is 1.10. The number of ether oxygens (including phenoxy) is 1. The lowest BCUT2D eigenvalue weighted by molar-refractivity contribution is -0.486. The van der Waals surface area contributed by atoms with E-state index in [4.69, 9.17) is 16.3 Å². The zero-order valence-corrected chi connectivity index (χ0v) is 11.6. The Morgan fingerprint density at radius 2 is 2.50 bits per heavy atom. The van der Waals surface area contributed by atoms with Gasteiger partial charge in [0.1, 0.15) is 10.3 Å².